The summed E-state index contributed by atoms with van der Waals surface area (Å²) in [4.78, 5) is 0. The zero-order valence-corrected chi connectivity index (χ0v) is 10.6. The summed E-state index contributed by atoms with van der Waals surface area (Å²) < 4.78 is 0. The van der Waals surface area contributed by atoms with Crippen molar-refractivity contribution in [1.29, 1.82) is 0 Å². The third-order valence-corrected chi connectivity index (χ3v) is 2.60. The van der Waals surface area contributed by atoms with E-state index in [0.29, 0.717) is 0 Å². The first-order chi connectivity index (χ1) is 8.43. The molecule has 17 heavy (non-hydrogen) atoms. The molecular weight excluding hydrogens is 216 g/mol. The van der Waals surface area contributed by atoms with Gasteiger partial charge in [-0.15, -0.1) is 10.2 Å². The molecule has 100 valence electrons. The van der Waals surface area contributed by atoms with E-state index in [9.17, 15) is 0 Å². The summed E-state index contributed by atoms with van der Waals surface area (Å²) in [7, 11) is 0. The molecule has 0 amide bonds. The predicted molar refractivity (Wildman–Crippen MR) is 69.9 cm³/mol. The van der Waals surface area contributed by atoms with Gasteiger partial charge in [-0.25, -0.2) is 0 Å². The average molecular weight is 242 g/mol. The van der Waals surface area contributed by atoms with Gasteiger partial charge in [0.2, 0.25) is 6.29 Å². The molecule has 0 unspecified atom stereocenters. The van der Waals surface area contributed by atoms with Crippen LogP contribution in [0.1, 0.15) is 25.7 Å². The van der Waals surface area contributed by atoms with Gasteiger partial charge < -0.3 is 16.4 Å². The Balaban J connectivity index is 1.61. The fraction of sp³-hybridized carbons (Fsp3) is 1.00. The number of unbranched alkanes of at least 4 members (excludes halogenated alkanes) is 1. The number of nitrogens with two attached hydrogens (primary N) is 1. The lowest BCUT2D eigenvalue weighted by molar-refractivity contribution is 0.552. The Kier molecular flexibility index (Phi) is 9.03. The van der Waals surface area contributed by atoms with Gasteiger partial charge in [0.15, 0.2) is 0 Å². The molecule has 0 spiro atoms. The van der Waals surface area contributed by atoms with Crippen LogP contribution in [0.2, 0.25) is 0 Å². The molecule has 0 aromatic heterocycles. The number of nitrogens with one attached hydrogen (secondary N) is 3. The van der Waals surface area contributed by atoms with E-state index < -0.39 is 0 Å². The second-order valence-corrected chi connectivity index (χ2v) is 4.26. The first-order valence-corrected chi connectivity index (χ1v) is 6.68. The Morgan fingerprint density at radius 1 is 0.765 bits per heavy atom. The summed E-state index contributed by atoms with van der Waals surface area (Å²) >= 11 is 0. The first kappa shape index (κ1) is 14.5. The lowest BCUT2D eigenvalue weighted by Gasteiger charge is -2.05. The second kappa shape index (κ2) is 10.6. The van der Waals surface area contributed by atoms with Gasteiger partial charge in [0.1, 0.15) is 0 Å². The van der Waals surface area contributed by atoms with Crippen molar-refractivity contribution in [3.05, 3.63) is 0 Å². The molecule has 0 bridgehead atoms. The zero-order chi connectivity index (χ0) is 12.2. The molecule has 0 fully saturated rings. The quantitative estimate of drug-likeness (QED) is 0.343. The van der Waals surface area contributed by atoms with Crippen LogP contribution in [0.3, 0.4) is 0 Å². The maximum Gasteiger partial charge on any atom is 0.233 e. The van der Waals surface area contributed by atoms with Crippen LogP contribution in [-0.4, -0.2) is 45.6 Å². The van der Waals surface area contributed by atoms with Gasteiger partial charge >= 0.3 is 0 Å². The van der Waals surface area contributed by atoms with Crippen molar-refractivity contribution in [2.24, 2.45) is 16.0 Å². The highest BCUT2D eigenvalue weighted by molar-refractivity contribution is 4.66. The Labute approximate surface area is 104 Å². The minimum absolute atomic E-state index is 0.106. The van der Waals surface area contributed by atoms with E-state index in [1.807, 2.05) is 0 Å². The van der Waals surface area contributed by atoms with Gasteiger partial charge in [0.05, 0.1) is 0 Å². The molecule has 6 nitrogen and oxygen atoms in total. The van der Waals surface area contributed by atoms with Crippen LogP contribution in [0.15, 0.2) is 10.2 Å². The van der Waals surface area contributed by atoms with Crippen LogP contribution >= 0.6 is 0 Å². The van der Waals surface area contributed by atoms with Crippen LogP contribution in [0.5, 0.6) is 0 Å². The summed E-state index contributed by atoms with van der Waals surface area (Å²) in [6, 6.07) is 0. The Bertz CT molecular complexity index is 190. The Hall–Kier alpha value is -0.560. The highest BCUT2D eigenvalue weighted by Crippen LogP contribution is 2.04. The number of hydrogen-bond donors (Lipinski definition) is 4. The smallest absolute Gasteiger partial charge is 0.233 e. The van der Waals surface area contributed by atoms with Crippen LogP contribution in [0, 0.1) is 0 Å². The van der Waals surface area contributed by atoms with Crippen molar-refractivity contribution in [3.63, 3.8) is 0 Å². The summed E-state index contributed by atoms with van der Waals surface area (Å²) in [6.45, 7) is 6.10. The predicted octanol–water partition coefficient (Wildman–Crippen LogP) is 0.0237. The lowest BCUT2D eigenvalue weighted by atomic mass is 10.3. The van der Waals surface area contributed by atoms with Crippen LogP contribution in [-0.2, 0) is 0 Å². The third kappa shape index (κ3) is 10.3. The zero-order valence-electron chi connectivity index (χ0n) is 10.6. The van der Waals surface area contributed by atoms with E-state index in [1.165, 1.54) is 12.8 Å². The molecule has 1 aliphatic rings. The molecule has 0 aliphatic carbocycles. The van der Waals surface area contributed by atoms with Crippen LogP contribution in [0.25, 0.3) is 0 Å². The third-order valence-electron chi connectivity index (χ3n) is 2.60. The largest absolute Gasteiger partial charge is 0.330 e. The van der Waals surface area contributed by atoms with Crippen molar-refractivity contribution in [1.82, 2.24) is 16.0 Å². The Morgan fingerprint density at radius 3 is 1.94 bits per heavy atom. The molecular formula is C11H26N6. The molecule has 6 heteroatoms. The maximum absolute atomic E-state index is 5.40. The van der Waals surface area contributed by atoms with Crippen molar-refractivity contribution in [3.8, 4) is 0 Å². The van der Waals surface area contributed by atoms with E-state index in [-0.39, 0.29) is 6.29 Å². The maximum atomic E-state index is 5.40. The Morgan fingerprint density at radius 2 is 1.35 bits per heavy atom. The minimum atomic E-state index is 0.106. The SMILES string of the molecule is NCCCNCCCCNCCCNC1N=N1. The monoisotopic (exact) mass is 242 g/mol. The summed E-state index contributed by atoms with van der Waals surface area (Å²) in [6.07, 6.45) is 4.78. The van der Waals surface area contributed by atoms with Gasteiger partial charge in [0, 0.05) is 6.54 Å². The topological polar surface area (TPSA) is 86.8 Å². The normalized spacial score (nSPS) is 14.4. The van der Waals surface area contributed by atoms with Gasteiger partial charge in [0.25, 0.3) is 0 Å². The van der Waals surface area contributed by atoms with Crippen molar-refractivity contribution < 1.29 is 0 Å². The molecule has 0 atom stereocenters. The second-order valence-electron chi connectivity index (χ2n) is 4.26. The highest BCUT2D eigenvalue weighted by atomic mass is 15.5. The van der Waals surface area contributed by atoms with E-state index >= 15 is 0 Å². The summed E-state index contributed by atoms with van der Waals surface area (Å²) in [5, 5.41) is 17.5. The van der Waals surface area contributed by atoms with Crippen LogP contribution < -0.4 is 21.7 Å². The van der Waals surface area contributed by atoms with Crippen molar-refractivity contribution >= 4 is 0 Å². The van der Waals surface area contributed by atoms with Gasteiger partial charge in [-0.05, 0) is 58.4 Å². The standard InChI is InChI=1S/C11H26N6/c12-5-3-8-13-6-1-2-7-14-9-4-10-15-11-16-17-11/h11,13-15H,1-10,12H2. The van der Waals surface area contributed by atoms with E-state index in [1.54, 1.807) is 0 Å². The molecule has 0 aromatic carbocycles. The first-order valence-electron chi connectivity index (χ1n) is 6.68. The molecule has 0 saturated heterocycles. The van der Waals surface area contributed by atoms with Gasteiger partial charge in [-0.1, -0.05) is 0 Å². The molecule has 1 heterocycles. The van der Waals surface area contributed by atoms with Gasteiger partial charge in [-0.2, -0.15) is 0 Å². The molecule has 0 aromatic rings. The fourth-order valence-corrected chi connectivity index (χ4v) is 1.54. The molecule has 5 N–H and O–H groups in total. The number of nitrogens with zero attached hydrogens (tertiary/aromatic N) is 2. The number of hydrogen-bond acceptors (Lipinski definition) is 6. The molecule has 0 radical (unpaired) electrons. The van der Waals surface area contributed by atoms with Crippen molar-refractivity contribution in [2.45, 2.75) is 32.0 Å². The molecule has 0 saturated carbocycles. The summed E-state index contributed by atoms with van der Waals surface area (Å²) in [5.41, 5.74) is 5.40. The highest BCUT2D eigenvalue weighted by Gasteiger charge is 2.12. The van der Waals surface area contributed by atoms with Crippen LogP contribution in [0.4, 0.5) is 0 Å². The number of rotatable bonds is 13. The van der Waals surface area contributed by atoms with E-state index in [2.05, 4.69) is 26.2 Å². The van der Waals surface area contributed by atoms with E-state index in [0.717, 1.165) is 52.1 Å². The summed E-state index contributed by atoms with van der Waals surface area (Å²) in [5.74, 6) is 0. The van der Waals surface area contributed by atoms with E-state index in [4.69, 9.17) is 5.73 Å². The minimum Gasteiger partial charge on any atom is -0.330 e. The average Bonchev–Trinajstić information content (AvgIpc) is 3.15. The van der Waals surface area contributed by atoms with Gasteiger partial charge in [-0.3, -0.25) is 5.32 Å². The molecule has 1 rings (SSSR count). The molecule has 1 aliphatic heterocycles. The fourth-order valence-electron chi connectivity index (χ4n) is 1.54. The van der Waals surface area contributed by atoms with Crippen molar-refractivity contribution in [2.75, 3.05) is 39.3 Å². The lowest BCUT2D eigenvalue weighted by Crippen LogP contribution is -2.25.